The molecule has 0 bridgehead atoms. The number of hydrogen-bond acceptors (Lipinski definition) is 4. The van der Waals surface area contributed by atoms with E-state index in [2.05, 4.69) is 16.8 Å². The molecule has 1 aromatic heterocycles. The maximum absolute atomic E-state index is 13.7. The van der Waals surface area contributed by atoms with Crippen molar-refractivity contribution >= 4 is 17.5 Å². The van der Waals surface area contributed by atoms with Crippen LogP contribution in [0.4, 0.5) is 8.78 Å². The second-order valence-corrected chi connectivity index (χ2v) is 10.2. The Morgan fingerprint density at radius 1 is 1.08 bits per heavy atom. The summed E-state index contributed by atoms with van der Waals surface area (Å²) >= 11 is 0. The molecule has 1 spiro atoms. The first-order valence-corrected chi connectivity index (χ1v) is 12.2. The Kier molecular flexibility index (Phi) is 6.83. The molecule has 1 aliphatic heterocycles. The highest BCUT2D eigenvalue weighted by atomic mass is 19.3. The normalized spacial score (nSPS) is 18.2. The molecule has 2 fully saturated rings. The Balaban J connectivity index is 1.48. The molecule has 0 radical (unpaired) electrons. The van der Waals surface area contributed by atoms with Gasteiger partial charge in [-0.3, -0.25) is 14.4 Å². The topological polar surface area (TPSA) is 67.3 Å². The summed E-state index contributed by atoms with van der Waals surface area (Å²) in [5.74, 6) is 1.44. The van der Waals surface area contributed by atoms with Crippen LogP contribution in [0.5, 0.6) is 0 Å². The number of aryl methyl sites for hydroxylation is 2. The third kappa shape index (κ3) is 4.95. The van der Waals surface area contributed by atoms with Crippen molar-refractivity contribution in [3.63, 3.8) is 0 Å². The van der Waals surface area contributed by atoms with E-state index in [9.17, 15) is 23.2 Å². The lowest BCUT2D eigenvalue weighted by molar-refractivity contribution is -0.138. The molecule has 1 aromatic carbocycles. The number of carbonyl (C=O) groups excluding carboxylic acids is 3. The molecule has 0 unspecified atom stereocenters. The van der Waals surface area contributed by atoms with E-state index >= 15 is 0 Å². The Bertz CT molecular complexity index is 1250. The average molecular weight is 493 g/mol. The quantitative estimate of drug-likeness (QED) is 0.441. The van der Waals surface area contributed by atoms with Gasteiger partial charge in [0.05, 0.1) is 0 Å². The second-order valence-electron chi connectivity index (χ2n) is 10.2. The maximum atomic E-state index is 13.7. The smallest absolute Gasteiger partial charge is 0.287 e. The fourth-order valence-corrected chi connectivity index (χ4v) is 5.65. The number of carbonyl (C=O) groups is 3. The molecular weight excluding hydrogens is 462 g/mol. The van der Waals surface area contributed by atoms with Crippen LogP contribution in [0.3, 0.4) is 0 Å². The van der Waals surface area contributed by atoms with Crippen LogP contribution in [0, 0.1) is 31.1 Å². The van der Waals surface area contributed by atoms with E-state index in [0.717, 1.165) is 29.2 Å². The predicted molar refractivity (Wildman–Crippen MR) is 132 cm³/mol. The molecule has 7 heteroatoms. The monoisotopic (exact) mass is 492 g/mol. The van der Waals surface area contributed by atoms with Crippen LogP contribution in [-0.4, -0.2) is 40.4 Å². The highest BCUT2D eigenvalue weighted by molar-refractivity contribution is 6.10. The van der Waals surface area contributed by atoms with Crippen LogP contribution in [-0.2, 0) is 15.5 Å². The van der Waals surface area contributed by atoms with Gasteiger partial charge in [0.15, 0.2) is 0 Å². The molecule has 2 heterocycles. The van der Waals surface area contributed by atoms with Gasteiger partial charge in [-0.2, -0.15) is 8.78 Å². The summed E-state index contributed by atoms with van der Waals surface area (Å²) in [7, 11) is 0. The van der Waals surface area contributed by atoms with Crippen molar-refractivity contribution in [3.05, 3.63) is 64.0 Å². The number of benzene rings is 1. The predicted octanol–water partition coefficient (Wildman–Crippen LogP) is 5.12. The van der Waals surface area contributed by atoms with E-state index in [1.165, 1.54) is 18.2 Å². The average Bonchev–Trinajstić information content (AvgIpc) is 2.80. The van der Waals surface area contributed by atoms with Crippen LogP contribution in [0.15, 0.2) is 30.3 Å². The number of amides is 1. The number of aromatic nitrogens is 1. The Morgan fingerprint density at radius 3 is 2.19 bits per heavy atom. The summed E-state index contributed by atoms with van der Waals surface area (Å²) < 4.78 is 27.3. The van der Waals surface area contributed by atoms with Crippen LogP contribution in [0.25, 0.3) is 0 Å². The van der Waals surface area contributed by atoms with Crippen LogP contribution in [0.1, 0.15) is 83.9 Å². The van der Waals surface area contributed by atoms with E-state index in [-0.39, 0.29) is 30.1 Å². The van der Waals surface area contributed by atoms with E-state index in [4.69, 9.17) is 0 Å². The largest absolute Gasteiger partial charge is 0.337 e. The number of ketones is 2. The van der Waals surface area contributed by atoms with Gasteiger partial charge in [0.25, 0.3) is 11.8 Å². The number of hydrogen-bond donors (Lipinski definition) is 0. The van der Waals surface area contributed by atoms with Crippen molar-refractivity contribution in [3.8, 4) is 11.8 Å². The van der Waals surface area contributed by atoms with E-state index in [1.54, 1.807) is 11.8 Å². The molecule has 5 nitrogen and oxygen atoms in total. The number of piperidine rings is 1. The van der Waals surface area contributed by atoms with E-state index in [0.29, 0.717) is 25.9 Å². The summed E-state index contributed by atoms with van der Waals surface area (Å²) in [6, 6.07) is 7.88. The molecule has 36 heavy (non-hydrogen) atoms. The summed E-state index contributed by atoms with van der Waals surface area (Å²) in [5, 5.41) is 0. The van der Waals surface area contributed by atoms with Crippen molar-refractivity contribution in [1.82, 2.24) is 9.88 Å². The van der Waals surface area contributed by atoms with Crippen LogP contribution < -0.4 is 0 Å². The van der Waals surface area contributed by atoms with Crippen molar-refractivity contribution in [2.75, 3.05) is 13.1 Å². The number of Topliss-reactive ketones (excluding diaryl/α,β-unsaturated/α-hetero) is 2. The third-order valence-electron chi connectivity index (χ3n) is 7.42. The van der Waals surface area contributed by atoms with Crippen molar-refractivity contribution in [2.45, 2.75) is 65.2 Å². The third-order valence-corrected chi connectivity index (χ3v) is 7.42. The Morgan fingerprint density at radius 2 is 1.67 bits per heavy atom. The Labute approximate surface area is 210 Å². The summed E-state index contributed by atoms with van der Waals surface area (Å²) in [4.78, 5) is 45.1. The molecular formula is C29H30F2N2O3. The number of pyridine rings is 1. The maximum Gasteiger partial charge on any atom is 0.287 e. The molecule has 2 aromatic rings. The van der Waals surface area contributed by atoms with Crippen molar-refractivity contribution in [2.24, 2.45) is 5.41 Å². The van der Waals surface area contributed by atoms with E-state index in [1.807, 2.05) is 26.0 Å². The number of halogens is 2. The molecule has 1 amide bonds. The number of rotatable bonds is 3. The number of nitrogens with zero attached hydrogens (tertiary/aromatic N) is 2. The SMILES string of the molecule is CC#Cc1cc(C)c(C2C(=O)CC3(CCN(C(=O)c4cccc(C(C)(F)F)n4)CC3)CC2=O)c(C)c1. The lowest BCUT2D eigenvalue weighted by atomic mass is 9.62. The zero-order valence-corrected chi connectivity index (χ0v) is 21.1. The molecule has 188 valence electrons. The number of likely N-dealkylation sites (tertiary alicyclic amines) is 1. The lowest BCUT2D eigenvalue weighted by Crippen LogP contribution is -2.48. The minimum absolute atomic E-state index is 0.0250. The van der Waals surface area contributed by atoms with Gasteiger partial charge in [-0.05, 0) is 80.0 Å². The standard InChI is InChI=1S/C29H30F2N2O3/c1-5-7-20-14-18(2)25(19(3)15-20)26-22(34)16-29(17-23(26)35)10-12-33(13-11-29)27(36)21-8-6-9-24(32-21)28(4,30)31/h6,8-9,14-15,26H,10-13,16-17H2,1-4H3. The second kappa shape index (κ2) is 9.57. The van der Waals surface area contributed by atoms with Crippen molar-refractivity contribution in [1.29, 1.82) is 0 Å². The molecule has 0 N–H and O–H groups in total. The molecule has 2 aliphatic rings. The fourth-order valence-electron chi connectivity index (χ4n) is 5.65. The van der Waals surface area contributed by atoms with Crippen molar-refractivity contribution < 1.29 is 23.2 Å². The van der Waals surface area contributed by atoms with Gasteiger partial charge in [0.1, 0.15) is 28.9 Å². The summed E-state index contributed by atoms with van der Waals surface area (Å²) in [6.07, 6.45) is 1.60. The van der Waals surface area contributed by atoms with Gasteiger partial charge in [-0.1, -0.05) is 12.0 Å². The molecule has 1 aliphatic carbocycles. The van der Waals surface area contributed by atoms with Gasteiger partial charge < -0.3 is 4.90 Å². The van der Waals surface area contributed by atoms with Crippen LogP contribution in [0.2, 0.25) is 0 Å². The molecule has 1 saturated heterocycles. The number of alkyl halides is 2. The Hall–Kier alpha value is -3.40. The minimum Gasteiger partial charge on any atom is -0.337 e. The van der Waals surface area contributed by atoms with Gasteiger partial charge in [-0.15, -0.1) is 5.92 Å². The highest BCUT2D eigenvalue weighted by Crippen LogP contribution is 2.46. The molecule has 4 rings (SSSR count). The first-order valence-electron chi connectivity index (χ1n) is 12.2. The fraction of sp³-hybridized carbons (Fsp3) is 0.448. The van der Waals surface area contributed by atoms with Gasteiger partial charge in [0.2, 0.25) is 0 Å². The first kappa shape index (κ1) is 25.7. The van der Waals surface area contributed by atoms with Crippen LogP contribution >= 0.6 is 0 Å². The minimum atomic E-state index is -3.14. The van der Waals surface area contributed by atoms with Gasteiger partial charge in [0, 0.05) is 38.4 Å². The van der Waals surface area contributed by atoms with E-state index < -0.39 is 28.9 Å². The summed E-state index contributed by atoms with van der Waals surface area (Å²) in [6.45, 7) is 7.03. The van der Waals surface area contributed by atoms with Gasteiger partial charge >= 0.3 is 0 Å². The molecule has 0 atom stereocenters. The molecule has 1 saturated carbocycles. The summed E-state index contributed by atoms with van der Waals surface area (Å²) in [5.41, 5.74) is 2.49. The first-order chi connectivity index (χ1) is 16.9. The zero-order valence-electron chi connectivity index (χ0n) is 21.1. The zero-order chi connectivity index (χ0) is 26.3. The van der Waals surface area contributed by atoms with Gasteiger partial charge in [-0.25, -0.2) is 4.98 Å². The lowest BCUT2D eigenvalue weighted by Gasteiger charge is -2.44. The highest BCUT2D eigenvalue weighted by Gasteiger charge is 2.48.